The van der Waals surface area contributed by atoms with Gasteiger partial charge in [0, 0.05) is 5.56 Å². The molecule has 1 unspecified atom stereocenters. The zero-order valence-electron chi connectivity index (χ0n) is 17.1. The number of carbonyl (C=O) groups is 1. The number of likely N-dealkylation sites (tertiary alicyclic amines) is 1. The number of hydrogen-bond donors (Lipinski definition) is 1. The third-order valence-corrected chi connectivity index (χ3v) is 5.72. The van der Waals surface area contributed by atoms with Crippen molar-refractivity contribution >= 4 is 5.97 Å². The van der Waals surface area contributed by atoms with Crippen molar-refractivity contribution in [3.05, 3.63) is 35.4 Å². The summed E-state index contributed by atoms with van der Waals surface area (Å²) < 4.78 is 31.7. The number of carboxylic acids is 1. The first-order chi connectivity index (χ1) is 13.7. The molecule has 3 rings (SSSR count). The van der Waals surface area contributed by atoms with Crippen LogP contribution in [-0.4, -0.2) is 41.3 Å². The lowest BCUT2D eigenvalue weighted by Crippen LogP contribution is -2.43. The Labute approximate surface area is 171 Å². The molecule has 1 aromatic rings. The predicted octanol–water partition coefficient (Wildman–Crippen LogP) is 5.27. The summed E-state index contributed by atoms with van der Waals surface area (Å²) in [4.78, 5) is 11.6. The van der Waals surface area contributed by atoms with Crippen molar-refractivity contribution in [2.24, 2.45) is 11.8 Å². The fourth-order valence-corrected chi connectivity index (χ4v) is 3.88. The third kappa shape index (κ3) is 7.74. The molecule has 160 valence electrons. The Hall–Kier alpha value is -2.00. The minimum Gasteiger partial charge on any atom is -0.475 e. The second-order valence-corrected chi connectivity index (χ2v) is 8.15. The number of nitrogens with zero attached hydrogens (tertiary/aromatic N) is 1. The van der Waals surface area contributed by atoms with E-state index in [1.54, 1.807) is 0 Å². The highest BCUT2D eigenvalue weighted by Gasteiger charge is 2.38. The molecule has 29 heavy (non-hydrogen) atoms. The van der Waals surface area contributed by atoms with Gasteiger partial charge < -0.3 is 5.11 Å². The van der Waals surface area contributed by atoms with Crippen LogP contribution in [0.3, 0.4) is 0 Å². The van der Waals surface area contributed by atoms with Crippen molar-refractivity contribution in [2.75, 3.05) is 13.1 Å². The number of benzene rings is 1. The Bertz CT molecular complexity index is 704. The summed E-state index contributed by atoms with van der Waals surface area (Å²) in [6.07, 6.45) is 3.15. The molecule has 1 aliphatic carbocycles. The molecule has 0 amide bonds. The summed E-state index contributed by atoms with van der Waals surface area (Å²) in [7, 11) is 0. The average molecular weight is 409 g/mol. The van der Waals surface area contributed by atoms with E-state index in [1.807, 2.05) is 0 Å². The first-order valence-electron chi connectivity index (χ1n) is 10.3. The van der Waals surface area contributed by atoms with E-state index in [-0.39, 0.29) is 0 Å². The van der Waals surface area contributed by atoms with E-state index in [1.165, 1.54) is 62.7 Å². The molecule has 0 spiro atoms. The maximum Gasteiger partial charge on any atom is 0.490 e. The number of rotatable bonds is 2. The van der Waals surface area contributed by atoms with Crippen LogP contribution in [-0.2, 0) is 4.79 Å². The molecule has 1 heterocycles. The molecule has 3 nitrogen and oxygen atoms in total. The van der Waals surface area contributed by atoms with E-state index in [9.17, 15) is 13.2 Å². The molecule has 0 bridgehead atoms. The highest BCUT2D eigenvalue weighted by Crippen LogP contribution is 2.32. The van der Waals surface area contributed by atoms with Crippen molar-refractivity contribution < 1.29 is 23.1 Å². The molecule has 0 aromatic heterocycles. The number of aliphatic carboxylic acids is 1. The second-order valence-electron chi connectivity index (χ2n) is 8.15. The Kier molecular flexibility index (Phi) is 8.58. The van der Waals surface area contributed by atoms with E-state index in [0.717, 1.165) is 11.8 Å². The van der Waals surface area contributed by atoms with Gasteiger partial charge in [-0.3, -0.25) is 4.90 Å². The molecule has 1 aromatic carbocycles. The van der Waals surface area contributed by atoms with Gasteiger partial charge in [-0.05, 0) is 69.7 Å². The summed E-state index contributed by atoms with van der Waals surface area (Å²) in [6.45, 7) is 7.00. The lowest BCUT2D eigenvalue weighted by molar-refractivity contribution is -0.192. The Morgan fingerprint density at radius 2 is 1.62 bits per heavy atom. The number of aryl methyl sites for hydroxylation is 1. The molecular weight excluding hydrogens is 379 g/mol. The van der Waals surface area contributed by atoms with E-state index in [2.05, 4.69) is 54.9 Å². The molecule has 2 aliphatic rings. The van der Waals surface area contributed by atoms with Gasteiger partial charge in [0.05, 0.1) is 6.04 Å². The molecule has 0 radical (unpaired) electrons. The van der Waals surface area contributed by atoms with Crippen LogP contribution in [0.25, 0.3) is 0 Å². The first-order valence-corrected chi connectivity index (χ1v) is 10.3. The summed E-state index contributed by atoms with van der Waals surface area (Å²) in [5.41, 5.74) is 2.47. The minimum absolute atomic E-state index is 0.483. The molecule has 1 atom stereocenters. The van der Waals surface area contributed by atoms with Crippen molar-refractivity contribution in [3.8, 4) is 11.8 Å². The summed E-state index contributed by atoms with van der Waals surface area (Å²) >= 11 is 0. The van der Waals surface area contributed by atoms with E-state index in [0.29, 0.717) is 6.04 Å². The van der Waals surface area contributed by atoms with Gasteiger partial charge in [0.15, 0.2) is 0 Å². The highest BCUT2D eigenvalue weighted by atomic mass is 19.4. The molecule has 2 fully saturated rings. The first kappa shape index (κ1) is 23.3. The van der Waals surface area contributed by atoms with Crippen molar-refractivity contribution in [2.45, 2.75) is 64.6 Å². The second kappa shape index (κ2) is 10.7. The zero-order valence-corrected chi connectivity index (χ0v) is 17.1. The van der Waals surface area contributed by atoms with Gasteiger partial charge in [-0.25, -0.2) is 4.79 Å². The van der Waals surface area contributed by atoms with Gasteiger partial charge in [-0.15, -0.1) is 0 Å². The van der Waals surface area contributed by atoms with E-state index >= 15 is 0 Å². The summed E-state index contributed by atoms with van der Waals surface area (Å²) in [5, 5.41) is 7.12. The fraction of sp³-hybridized carbons (Fsp3) is 0.609. The lowest BCUT2D eigenvalue weighted by atomic mass is 9.92. The van der Waals surface area contributed by atoms with Crippen LogP contribution in [0.4, 0.5) is 13.2 Å². The third-order valence-electron chi connectivity index (χ3n) is 5.72. The van der Waals surface area contributed by atoms with Gasteiger partial charge in [0.1, 0.15) is 0 Å². The minimum atomic E-state index is -5.08. The van der Waals surface area contributed by atoms with Crippen LogP contribution >= 0.6 is 0 Å². The number of halogens is 3. The average Bonchev–Trinajstić information content (AvgIpc) is 3.19. The smallest absolute Gasteiger partial charge is 0.475 e. The predicted molar refractivity (Wildman–Crippen MR) is 107 cm³/mol. The quantitative estimate of drug-likeness (QED) is 0.677. The van der Waals surface area contributed by atoms with Crippen LogP contribution in [0.2, 0.25) is 0 Å². The van der Waals surface area contributed by atoms with E-state index < -0.39 is 12.1 Å². The van der Waals surface area contributed by atoms with Crippen LogP contribution in [0.5, 0.6) is 0 Å². The standard InChI is InChI=1S/C21H29N.C2HF3O2/c1-17-7-9-19(10-8-17)11-12-21(20-5-3-4-6-20)22-15-13-18(2)14-16-22;3-2(4,5)1(6)7/h7-10,18,20-21H,3-6,13-16H2,1-2H3;(H,6,7). The topological polar surface area (TPSA) is 40.5 Å². The summed E-state index contributed by atoms with van der Waals surface area (Å²) in [6, 6.07) is 9.13. The highest BCUT2D eigenvalue weighted by molar-refractivity contribution is 5.73. The monoisotopic (exact) mass is 409 g/mol. The van der Waals surface area contributed by atoms with Crippen LogP contribution in [0.1, 0.15) is 56.6 Å². The Balaban J connectivity index is 0.000000370. The van der Waals surface area contributed by atoms with Gasteiger partial charge in [0.2, 0.25) is 0 Å². The zero-order chi connectivity index (χ0) is 21.4. The maximum absolute atomic E-state index is 10.6. The van der Waals surface area contributed by atoms with E-state index in [4.69, 9.17) is 9.90 Å². The van der Waals surface area contributed by atoms with Gasteiger partial charge >= 0.3 is 12.1 Å². The number of carboxylic acid groups (broad SMARTS) is 1. The van der Waals surface area contributed by atoms with Crippen molar-refractivity contribution in [1.82, 2.24) is 4.90 Å². The van der Waals surface area contributed by atoms with Gasteiger partial charge in [-0.2, -0.15) is 13.2 Å². The SMILES string of the molecule is Cc1ccc(C#CC(C2CCCC2)N2CCC(C)CC2)cc1.O=C(O)C(F)(F)F. The largest absolute Gasteiger partial charge is 0.490 e. The van der Waals surface area contributed by atoms with Gasteiger partial charge in [0.25, 0.3) is 0 Å². The van der Waals surface area contributed by atoms with Crippen molar-refractivity contribution in [3.63, 3.8) is 0 Å². The Morgan fingerprint density at radius 1 is 1.10 bits per heavy atom. The van der Waals surface area contributed by atoms with Crippen LogP contribution < -0.4 is 0 Å². The molecule has 1 N–H and O–H groups in total. The lowest BCUT2D eigenvalue weighted by Gasteiger charge is -2.37. The number of hydrogen-bond acceptors (Lipinski definition) is 2. The Morgan fingerprint density at radius 3 is 2.10 bits per heavy atom. The maximum atomic E-state index is 10.6. The van der Waals surface area contributed by atoms with Crippen molar-refractivity contribution in [1.29, 1.82) is 0 Å². The normalized spacial score (nSPS) is 19.6. The van der Waals surface area contributed by atoms with Crippen LogP contribution in [0, 0.1) is 30.6 Å². The molecular formula is C23H30F3NO2. The molecule has 1 saturated carbocycles. The molecule has 1 aliphatic heterocycles. The van der Waals surface area contributed by atoms with Crippen LogP contribution in [0.15, 0.2) is 24.3 Å². The number of alkyl halides is 3. The number of piperidine rings is 1. The van der Waals surface area contributed by atoms with Gasteiger partial charge in [-0.1, -0.05) is 49.3 Å². The molecule has 1 saturated heterocycles. The fourth-order valence-electron chi connectivity index (χ4n) is 3.88. The summed E-state index contributed by atoms with van der Waals surface area (Å²) in [5.74, 6) is 6.06. The molecule has 6 heteroatoms.